The molecule has 2 unspecified atom stereocenters. The van der Waals surface area contributed by atoms with Gasteiger partial charge in [0.1, 0.15) is 6.17 Å². The fraction of sp³-hybridized carbons (Fsp3) is 0.429. The van der Waals surface area contributed by atoms with E-state index in [1.807, 2.05) is 13.0 Å². The molecule has 1 saturated carbocycles. The molecule has 6 nitrogen and oxygen atoms in total. The summed E-state index contributed by atoms with van der Waals surface area (Å²) in [5, 5.41) is 8.22. The molecule has 1 aliphatic rings. The molecular formula is C14H14FN5O. The summed E-state index contributed by atoms with van der Waals surface area (Å²) in [4.78, 5) is 8.73. The highest BCUT2D eigenvalue weighted by Gasteiger charge is 2.29. The Hall–Kier alpha value is -2.31. The molecular weight excluding hydrogens is 273 g/mol. The number of hydrogen-bond acceptors (Lipinski definition) is 5. The van der Waals surface area contributed by atoms with Crippen LogP contribution in [0.5, 0.6) is 0 Å². The number of nitrogens with zero attached hydrogens (tertiary/aromatic N) is 5. The smallest absolute Gasteiger partial charge is 0.261 e. The fourth-order valence-electron chi connectivity index (χ4n) is 2.87. The fourth-order valence-corrected chi connectivity index (χ4v) is 2.87. The first-order valence-electron chi connectivity index (χ1n) is 7.00. The van der Waals surface area contributed by atoms with Gasteiger partial charge in [0.25, 0.3) is 5.89 Å². The molecule has 0 radical (unpaired) electrons. The highest BCUT2D eigenvalue weighted by Crippen LogP contribution is 2.35. The van der Waals surface area contributed by atoms with Crippen LogP contribution >= 0.6 is 0 Å². The number of hydrogen-bond donors (Lipinski definition) is 0. The molecule has 1 aliphatic carbocycles. The second-order valence-electron chi connectivity index (χ2n) is 5.42. The predicted molar refractivity (Wildman–Crippen MR) is 72.5 cm³/mol. The molecule has 3 heterocycles. The van der Waals surface area contributed by atoms with Gasteiger partial charge in [-0.1, -0.05) is 5.16 Å². The lowest BCUT2D eigenvalue weighted by Crippen LogP contribution is -1.99. The Bertz CT molecular complexity index is 796. The van der Waals surface area contributed by atoms with E-state index in [2.05, 4.69) is 20.2 Å². The largest absolute Gasteiger partial charge is 0.334 e. The summed E-state index contributed by atoms with van der Waals surface area (Å²) < 4.78 is 20.4. The average molecular weight is 287 g/mol. The van der Waals surface area contributed by atoms with Crippen molar-refractivity contribution in [1.82, 2.24) is 24.7 Å². The van der Waals surface area contributed by atoms with Crippen molar-refractivity contribution in [3.63, 3.8) is 0 Å². The van der Waals surface area contributed by atoms with Crippen molar-refractivity contribution in [2.75, 3.05) is 0 Å². The number of aryl methyl sites for hydroxylation is 1. The summed E-state index contributed by atoms with van der Waals surface area (Å²) in [5.74, 6) is 1.05. The minimum absolute atomic E-state index is 0.0548. The molecule has 0 saturated heterocycles. The number of aromatic nitrogens is 5. The van der Waals surface area contributed by atoms with Crippen LogP contribution in [0.15, 0.2) is 23.0 Å². The summed E-state index contributed by atoms with van der Waals surface area (Å²) in [6.45, 7) is 1.92. The van der Waals surface area contributed by atoms with Gasteiger partial charge in [-0.05, 0) is 26.2 Å². The summed E-state index contributed by atoms with van der Waals surface area (Å²) >= 11 is 0. The van der Waals surface area contributed by atoms with Gasteiger partial charge in [-0.15, -0.1) is 0 Å². The Morgan fingerprint density at radius 1 is 1.38 bits per heavy atom. The second kappa shape index (κ2) is 4.61. The molecule has 4 rings (SSSR count). The lowest BCUT2D eigenvalue weighted by Gasteiger charge is -2.03. The minimum atomic E-state index is -0.749. The quantitative estimate of drug-likeness (QED) is 0.724. The maximum Gasteiger partial charge on any atom is 0.261 e. The Balaban J connectivity index is 1.72. The Morgan fingerprint density at radius 2 is 2.29 bits per heavy atom. The van der Waals surface area contributed by atoms with Gasteiger partial charge >= 0.3 is 0 Å². The van der Waals surface area contributed by atoms with Crippen molar-refractivity contribution < 1.29 is 8.91 Å². The van der Waals surface area contributed by atoms with Gasteiger partial charge in [-0.3, -0.25) is 0 Å². The third-order valence-corrected chi connectivity index (χ3v) is 4.06. The third-order valence-electron chi connectivity index (χ3n) is 4.06. The zero-order chi connectivity index (χ0) is 14.4. The second-order valence-corrected chi connectivity index (χ2v) is 5.42. The van der Waals surface area contributed by atoms with Gasteiger partial charge < -0.3 is 4.52 Å². The molecule has 1 fully saturated rings. The van der Waals surface area contributed by atoms with E-state index in [-0.39, 0.29) is 5.92 Å². The van der Waals surface area contributed by atoms with E-state index >= 15 is 0 Å². The van der Waals surface area contributed by atoms with Crippen LogP contribution in [0.25, 0.3) is 17.1 Å². The van der Waals surface area contributed by atoms with Gasteiger partial charge in [-0.25, -0.2) is 13.9 Å². The lowest BCUT2D eigenvalue weighted by molar-refractivity contribution is 0.337. The molecule has 0 aliphatic heterocycles. The van der Waals surface area contributed by atoms with Gasteiger partial charge in [0, 0.05) is 18.2 Å². The Kier molecular flexibility index (Phi) is 2.73. The van der Waals surface area contributed by atoms with Crippen molar-refractivity contribution in [3.05, 3.63) is 30.0 Å². The van der Waals surface area contributed by atoms with E-state index in [9.17, 15) is 4.39 Å². The van der Waals surface area contributed by atoms with E-state index in [1.54, 1.807) is 16.9 Å². The van der Waals surface area contributed by atoms with Gasteiger partial charge in [0.2, 0.25) is 0 Å². The number of rotatable bonds is 2. The molecule has 0 amide bonds. The molecule has 0 spiro atoms. The molecule has 7 heteroatoms. The zero-order valence-electron chi connectivity index (χ0n) is 11.5. The highest BCUT2D eigenvalue weighted by molar-refractivity contribution is 5.57. The normalized spacial score (nSPS) is 22.2. The van der Waals surface area contributed by atoms with Gasteiger partial charge in [-0.2, -0.15) is 10.1 Å². The molecule has 2 atom stereocenters. The highest BCUT2D eigenvalue weighted by atomic mass is 19.1. The van der Waals surface area contributed by atoms with Crippen molar-refractivity contribution in [2.45, 2.75) is 38.3 Å². The van der Waals surface area contributed by atoms with E-state index in [4.69, 9.17) is 4.52 Å². The molecule has 0 N–H and O–H groups in total. The van der Waals surface area contributed by atoms with Crippen LogP contribution in [0.3, 0.4) is 0 Å². The van der Waals surface area contributed by atoms with Crippen LogP contribution in [-0.2, 0) is 0 Å². The lowest BCUT2D eigenvalue weighted by atomic mass is 10.1. The van der Waals surface area contributed by atoms with E-state index in [0.717, 1.165) is 23.3 Å². The summed E-state index contributed by atoms with van der Waals surface area (Å²) in [5.41, 5.74) is 2.40. The van der Waals surface area contributed by atoms with Crippen LogP contribution < -0.4 is 0 Å². The Labute approximate surface area is 120 Å². The third kappa shape index (κ3) is 2.00. The molecule has 0 aromatic carbocycles. The van der Waals surface area contributed by atoms with Crippen molar-refractivity contribution in [3.8, 4) is 11.5 Å². The van der Waals surface area contributed by atoms with Crippen LogP contribution in [0.2, 0.25) is 0 Å². The van der Waals surface area contributed by atoms with Gasteiger partial charge in [0.15, 0.2) is 11.5 Å². The maximum atomic E-state index is 13.3. The molecule has 0 bridgehead atoms. The van der Waals surface area contributed by atoms with Crippen molar-refractivity contribution in [2.24, 2.45) is 0 Å². The van der Waals surface area contributed by atoms with Crippen molar-refractivity contribution >= 4 is 5.65 Å². The molecule has 108 valence electrons. The topological polar surface area (TPSA) is 69.1 Å². The van der Waals surface area contributed by atoms with Gasteiger partial charge in [0.05, 0.1) is 17.5 Å². The van der Waals surface area contributed by atoms with Crippen molar-refractivity contribution in [1.29, 1.82) is 0 Å². The molecule has 21 heavy (non-hydrogen) atoms. The first kappa shape index (κ1) is 12.4. The summed E-state index contributed by atoms with van der Waals surface area (Å²) in [6.07, 6.45) is 4.48. The number of fused-ring (bicyclic) bond motifs is 1. The summed E-state index contributed by atoms with van der Waals surface area (Å²) in [6, 6.07) is 1.83. The Morgan fingerprint density at radius 3 is 3.10 bits per heavy atom. The predicted octanol–water partition coefficient (Wildman–Crippen LogP) is 2.69. The van der Waals surface area contributed by atoms with Crippen LogP contribution in [0.4, 0.5) is 4.39 Å². The van der Waals surface area contributed by atoms with Crippen LogP contribution in [-0.4, -0.2) is 30.9 Å². The van der Waals surface area contributed by atoms with E-state index < -0.39 is 6.17 Å². The monoisotopic (exact) mass is 287 g/mol. The van der Waals surface area contributed by atoms with Crippen LogP contribution in [0, 0.1) is 6.92 Å². The van der Waals surface area contributed by atoms with Crippen LogP contribution in [0.1, 0.15) is 36.7 Å². The van der Waals surface area contributed by atoms with E-state index in [0.29, 0.717) is 24.6 Å². The van der Waals surface area contributed by atoms with E-state index in [1.165, 1.54) is 0 Å². The summed E-state index contributed by atoms with van der Waals surface area (Å²) in [7, 11) is 0. The maximum absolute atomic E-state index is 13.3. The number of halogens is 1. The molecule has 3 aromatic heterocycles. The number of alkyl halides is 1. The zero-order valence-corrected chi connectivity index (χ0v) is 11.5. The molecule has 3 aromatic rings. The first-order valence-corrected chi connectivity index (χ1v) is 7.00. The first-order chi connectivity index (χ1) is 10.2. The standard InChI is InChI=1S/C14H14FN5O/c1-8-11(7-16-12-4-5-17-20(8)12)14-18-13(19-21-14)9-2-3-10(15)6-9/h4-5,7,9-10H,2-3,6H2,1H3. The minimum Gasteiger partial charge on any atom is -0.334 e. The SMILES string of the molecule is Cc1c(-c2nc(C3CCC(F)C3)no2)cnc2ccnn12. The average Bonchev–Trinajstić information content (AvgIpc) is 3.17.